The summed E-state index contributed by atoms with van der Waals surface area (Å²) in [7, 11) is 1.50. The average molecular weight is 306 g/mol. The topological polar surface area (TPSA) is 95.9 Å². The van der Waals surface area contributed by atoms with Crippen LogP contribution in [-0.2, 0) is 14.3 Å². The number of carbonyl (C=O) groups is 3. The Labute approximate surface area is 123 Å². The zero-order valence-electron chi connectivity index (χ0n) is 12.0. The second-order valence-electron chi connectivity index (χ2n) is 4.10. The molecule has 0 radical (unpaired) electrons. The summed E-state index contributed by atoms with van der Waals surface area (Å²) in [5, 5.41) is 11.4. The first-order chi connectivity index (χ1) is 9.42. The second-order valence-corrected chi connectivity index (χ2v) is 5.08. The van der Waals surface area contributed by atoms with Crippen molar-refractivity contribution >= 4 is 29.7 Å². The number of urea groups is 1. The number of aliphatic carboxylic acids is 1. The van der Waals surface area contributed by atoms with E-state index in [0.29, 0.717) is 18.8 Å². The monoisotopic (exact) mass is 306 g/mol. The number of hydrogen-bond donors (Lipinski definition) is 2. The maximum Gasteiger partial charge on any atom is 0.326 e. The summed E-state index contributed by atoms with van der Waals surface area (Å²) in [5.41, 5.74) is 0. The van der Waals surface area contributed by atoms with Crippen LogP contribution in [0.5, 0.6) is 0 Å². The van der Waals surface area contributed by atoms with Crippen LogP contribution in [0, 0.1) is 0 Å². The largest absolute Gasteiger partial charge is 0.480 e. The summed E-state index contributed by atoms with van der Waals surface area (Å²) >= 11 is 1.51. The van der Waals surface area contributed by atoms with Gasteiger partial charge in [-0.05, 0) is 25.4 Å². The van der Waals surface area contributed by atoms with E-state index < -0.39 is 18.0 Å². The number of amides is 2. The highest BCUT2D eigenvalue weighted by atomic mass is 32.2. The average Bonchev–Trinajstić information content (AvgIpc) is 2.40. The van der Waals surface area contributed by atoms with Crippen molar-refractivity contribution in [1.82, 2.24) is 10.2 Å². The van der Waals surface area contributed by atoms with Crippen molar-refractivity contribution in [3.8, 4) is 0 Å². The molecule has 0 bridgehead atoms. The van der Waals surface area contributed by atoms with E-state index in [-0.39, 0.29) is 18.9 Å². The van der Waals surface area contributed by atoms with E-state index in [0.717, 1.165) is 0 Å². The molecule has 0 aliphatic rings. The van der Waals surface area contributed by atoms with E-state index >= 15 is 0 Å². The number of nitrogens with one attached hydrogen (secondary N) is 1. The van der Waals surface area contributed by atoms with Gasteiger partial charge in [-0.15, -0.1) is 0 Å². The molecule has 1 atom stereocenters. The summed E-state index contributed by atoms with van der Waals surface area (Å²) in [4.78, 5) is 35.2. The smallest absolute Gasteiger partial charge is 0.326 e. The van der Waals surface area contributed by atoms with E-state index in [2.05, 4.69) is 5.32 Å². The summed E-state index contributed by atoms with van der Waals surface area (Å²) in [6.07, 6.45) is 2.31. The van der Waals surface area contributed by atoms with Gasteiger partial charge in [-0.2, -0.15) is 11.8 Å². The molecule has 0 saturated carbocycles. The Morgan fingerprint density at radius 3 is 2.55 bits per heavy atom. The number of carboxylic acid groups (broad SMARTS) is 1. The zero-order valence-corrected chi connectivity index (χ0v) is 12.9. The summed E-state index contributed by atoms with van der Waals surface area (Å²) in [6.45, 7) is 2.18. The number of thioether (sulfide) groups is 1. The number of rotatable bonds is 9. The molecule has 0 heterocycles. The van der Waals surface area contributed by atoms with Gasteiger partial charge in [0.2, 0.25) is 0 Å². The molecule has 2 N–H and O–H groups in total. The summed E-state index contributed by atoms with van der Waals surface area (Å²) in [5.74, 6) is -0.806. The van der Waals surface area contributed by atoms with Crippen molar-refractivity contribution in [3.63, 3.8) is 0 Å². The van der Waals surface area contributed by atoms with Crippen molar-refractivity contribution in [3.05, 3.63) is 0 Å². The number of hydrogen-bond acceptors (Lipinski definition) is 5. The Kier molecular flexibility index (Phi) is 9.61. The lowest BCUT2D eigenvalue weighted by Crippen LogP contribution is -2.47. The number of nitrogens with zero attached hydrogens (tertiary/aromatic N) is 1. The van der Waals surface area contributed by atoms with Crippen molar-refractivity contribution in [2.45, 2.75) is 25.8 Å². The molecule has 20 heavy (non-hydrogen) atoms. The van der Waals surface area contributed by atoms with Crippen LogP contribution in [0.15, 0.2) is 0 Å². The minimum Gasteiger partial charge on any atom is -0.480 e. The Hall–Kier alpha value is -1.44. The molecule has 0 saturated heterocycles. The van der Waals surface area contributed by atoms with Gasteiger partial charge in [0.25, 0.3) is 0 Å². The molecule has 8 heteroatoms. The molecular formula is C12H22N2O5S. The fourth-order valence-corrected chi connectivity index (χ4v) is 1.82. The highest BCUT2D eigenvalue weighted by molar-refractivity contribution is 7.98. The first kappa shape index (κ1) is 18.6. The fourth-order valence-electron chi connectivity index (χ4n) is 1.35. The van der Waals surface area contributed by atoms with E-state index in [9.17, 15) is 14.4 Å². The lowest BCUT2D eigenvalue weighted by atomic mass is 10.2. The van der Waals surface area contributed by atoms with Gasteiger partial charge in [-0.25, -0.2) is 9.59 Å². The highest BCUT2D eigenvalue weighted by Crippen LogP contribution is 2.02. The maximum atomic E-state index is 11.8. The Bertz CT molecular complexity index is 338. The van der Waals surface area contributed by atoms with Gasteiger partial charge in [0.05, 0.1) is 13.0 Å². The van der Waals surface area contributed by atoms with Gasteiger partial charge in [0.15, 0.2) is 0 Å². The van der Waals surface area contributed by atoms with Gasteiger partial charge in [-0.1, -0.05) is 0 Å². The predicted octanol–water partition coefficient (Wildman–Crippen LogP) is 0.787. The van der Waals surface area contributed by atoms with Crippen molar-refractivity contribution in [2.24, 2.45) is 0 Å². The molecule has 0 rings (SSSR count). The lowest BCUT2D eigenvalue weighted by molar-refractivity contribution is -0.143. The van der Waals surface area contributed by atoms with Gasteiger partial charge < -0.3 is 20.1 Å². The summed E-state index contributed by atoms with van der Waals surface area (Å²) in [6, 6.07) is -1.43. The molecular weight excluding hydrogens is 284 g/mol. The minimum atomic E-state index is -1.06. The third kappa shape index (κ3) is 7.88. The van der Waals surface area contributed by atoms with E-state index in [4.69, 9.17) is 9.84 Å². The number of carboxylic acids is 1. The molecule has 0 aromatic carbocycles. The third-order valence-electron chi connectivity index (χ3n) is 2.51. The predicted molar refractivity (Wildman–Crippen MR) is 76.8 cm³/mol. The lowest BCUT2D eigenvalue weighted by Gasteiger charge is -2.21. The van der Waals surface area contributed by atoms with Crippen molar-refractivity contribution < 1.29 is 24.2 Å². The quantitative estimate of drug-likeness (QED) is 0.611. The normalized spacial score (nSPS) is 11.6. The second kappa shape index (κ2) is 10.4. The SMILES string of the molecule is CCOC(=O)CCN(C)C(=O)N[C@H](CCSC)C(=O)O. The van der Waals surface area contributed by atoms with Crippen LogP contribution in [-0.4, -0.2) is 66.2 Å². The molecule has 0 aromatic rings. The van der Waals surface area contributed by atoms with E-state index in [1.807, 2.05) is 6.26 Å². The molecule has 0 aromatic heterocycles. The van der Waals surface area contributed by atoms with Crippen molar-refractivity contribution in [2.75, 3.05) is 32.2 Å². The van der Waals surface area contributed by atoms with Gasteiger partial charge in [0, 0.05) is 13.6 Å². The molecule has 2 amide bonds. The first-order valence-corrected chi connectivity index (χ1v) is 7.70. The number of ether oxygens (including phenoxy) is 1. The molecule has 7 nitrogen and oxygen atoms in total. The number of carbonyl (C=O) groups excluding carboxylic acids is 2. The molecule has 0 aliphatic carbocycles. The van der Waals surface area contributed by atoms with Gasteiger partial charge in [-0.3, -0.25) is 4.79 Å². The molecule has 116 valence electrons. The maximum absolute atomic E-state index is 11.8. The molecule has 0 fully saturated rings. The van der Waals surface area contributed by atoms with Crippen LogP contribution >= 0.6 is 11.8 Å². The first-order valence-electron chi connectivity index (χ1n) is 6.31. The third-order valence-corrected chi connectivity index (χ3v) is 3.15. The van der Waals surface area contributed by atoms with Crippen LogP contribution in [0.1, 0.15) is 19.8 Å². The van der Waals surface area contributed by atoms with Crippen LogP contribution in [0.4, 0.5) is 4.79 Å². The number of esters is 1. The zero-order chi connectivity index (χ0) is 15.5. The van der Waals surface area contributed by atoms with E-state index in [1.54, 1.807) is 6.92 Å². The molecule has 0 spiro atoms. The van der Waals surface area contributed by atoms with Gasteiger partial charge in [0.1, 0.15) is 6.04 Å². The van der Waals surface area contributed by atoms with Crippen LogP contribution in [0.2, 0.25) is 0 Å². The molecule has 0 aliphatic heterocycles. The van der Waals surface area contributed by atoms with Gasteiger partial charge >= 0.3 is 18.0 Å². The Morgan fingerprint density at radius 1 is 1.40 bits per heavy atom. The fraction of sp³-hybridized carbons (Fsp3) is 0.750. The van der Waals surface area contributed by atoms with Crippen molar-refractivity contribution in [1.29, 1.82) is 0 Å². The highest BCUT2D eigenvalue weighted by Gasteiger charge is 2.21. The standard InChI is InChI=1S/C12H22N2O5S/c1-4-19-10(15)5-7-14(2)12(18)13-9(11(16)17)6-8-20-3/h9H,4-8H2,1-3H3,(H,13,18)(H,16,17)/t9-/m1/s1. The Balaban J connectivity index is 4.21. The van der Waals surface area contributed by atoms with E-state index in [1.165, 1.54) is 23.7 Å². The van der Waals surface area contributed by atoms with Crippen LogP contribution in [0.3, 0.4) is 0 Å². The van der Waals surface area contributed by atoms with Crippen LogP contribution in [0.25, 0.3) is 0 Å². The Morgan fingerprint density at radius 2 is 2.05 bits per heavy atom. The minimum absolute atomic E-state index is 0.0836. The molecule has 0 unspecified atom stereocenters. The van der Waals surface area contributed by atoms with Crippen LogP contribution < -0.4 is 5.32 Å². The summed E-state index contributed by atoms with van der Waals surface area (Å²) < 4.78 is 4.75.